The Balaban J connectivity index is 2.00. The zero-order valence-corrected chi connectivity index (χ0v) is 12.8. The molecule has 4 heteroatoms. The van der Waals surface area contributed by atoms with Crippen LogP contribution >= 0.6 is 0 Å². The number of carbonyl (C=O) groups excluding carboxylic acids is 1. The maximum absolute atomic E-state index is 12.6. The van der Waals surface area contributed by atoms with Gasteiger partial charge in [-0.1, -0.05) is 18.2 Å². The molecule has 4 nitrogen and oxygen atoms in total. The van der Waals surface area contributed by atoms with Gasteiger partial charge in [-0.15, -0.1) is 0 Å². The van der Waals surface area contributed by atoms with Crippen molar-refractivity contribution in [1.82, 2.24) is 9.97 Å². The number of carbonyl (C=O) groups is 1. The van der Waals surface area contributed by atoms with Crippen molar-refractivity contribution in [3.8, 4) is 0 Å². The number of para-hydroxylation sites is 1. The molecule has 22 heavy (non-hydrogen) atoms. The number of nitrogens with one attached hydrogen (secondary N) is 1. The van der Waals surface area contributed by atoms with Crippen molar-refractivity contribution in [1.29, 1.82) is 0 Å². The Bertz CT molecular complexity index is 851. The molecule has 3 rings (SSSR count). The van der Waals surface area contributed by atoms with Crippen molar-refractivity contribution in [3.05, 3.63) is 65.1 Å². The number of hydrogen-bond donors (Lipinski definition) is 1. The summed E-state index contributed by atoms with van der Waals surface area (Å²) in [6, 6.07) is 9.63. The van der Waals surface area contributed by atoms with Crippen LogP contribution in [0.1, 0.15) is 27.2 Å². The standard InChI is InChI=1S/C18H17N3O/c1-11-5-4-6-12(2)17(11)21-18(22)15-9-14-10-19-8-7-16(14)20-13(15)3/h4-10H,1-3H3,(H,21,22). The zero-order valence-electron chi connectivity index (χ0n) is 12.8. The summed E-state index contributed by atoms with van der Waals surface area (Å²) >= 11 is 0. The third-order valence-corrected chi connectivity index (χ3v) is 3.77. The van der Waals surface area contributed by atoms with Gasteiger partial charge in [0, 0.05) is 23.5 Å². The minimum Gasteiger partial charge on any atom is -0.321 e. The van der Waals surface area contributed by atoms with Crippen LogP contribution in [0.3, 0.4) is 0 Å². The van der Waals surface area contributed by atoms with Crippen LogP contribution < -0.4 is 5.32 Å². The van der Waals surface area contributed by atoms with Gasteiger partial charge >= 0.3 is 0 Å². The second kappa shape index (κ2) is 5.56. The van der Waals surface area contributed by atoms with E-state index in [1.807, 2.05) is 51.1 Å². The Morgan fingerprint density at radius 3 is 2.55 bits per heavy atom. The van der Waals surface area contributed by atoms with Gasteiger partial charge in [-0.2, -0.15) is 0 Å². The van der Waals surface area contributed by atoms with E-state index in [9.17, 15) is 4.79 Å². The van der Waals surface area contributed by atoms with Gasteiger partial charge in [-0.3, -0.25) is 14.8 Å². The van der Waals surface area contributed by atoms with Gasteiger partial charge < -0.3 is 5.32 Å². The molecule has 1 amide bonds. The minimum absolute atomic E-state index is 0.145. The summed E-state index contributed by atoms with van der Waals surface area (Å²) in [6.07, 6.45) is 3.42. The molecule has 0 aliphatic rings. The van der Waals surface area contributed by atoms with Gasteiger partial charge in [0.2, 0.25) is 0 Å². The fourth-order valence-electron chi connectivity index (χ4n) is 2.54. The van der Waals surface area contributed by atoms with Gasteiger partial charge in [-0.25, -0.2) is 0 Å². The first-order valence-corrected chi connectivity index (χ1v) is 7.15. The molecule has 0 bridgehead atoms. The number of pyridine rings is 2. The molecule has 0 saturated heterocycles. The van der Waals surface area contributed by atoms with Crippen molar-refractivity contribution in [2.24, 2.45) is 0 Å². The van der Waals surface area contributed by atoms with Crippen molar-refractivity contribution in [2.45, 2.75) is 20.8 Å². The summed E-state index contributed by atoms with van der Waals surface area (Å²) in [5, 5.41) is 3.86. The van der Waals surface area contributed by atoms with E-state index in [0.717, 1.165) is 27.7 Å². The topological polar surface area (TPSA) is 54.9 Å². The Labute approximate surface area is 129 Å². The lowest BCUT2D eigenvalue weighted by atomic mass is 10.1. The van der Waals surface area contributed by atoms with Crippen molar-refractivity contribution in [3.63, 3.8) is 0 Å². The van der Waals surface area contributed by atoms with Crippen molar-refractivity contribution >= 4 is 22.5 Å². The van der Waals surface area contributed by atoms with Crippen LogP contribution in [0, 0.1) is 20.8 Å². The van der Waals surface area contributed by atoms with Crippen LogP contribution in [-0.2, 0) is 0 Å². The smallest absolute Gasteiger partial charge is 0.257 e. The van der Waals surface area contributed by atoms with Gasteiger partial charge in [0.1, 0.15) is 0 Å². The predicted molar refractivity (Wildman–Crippen MR) is 88.1 cm³/mol. The predicted octanol–water partition coefficient (Wildman–Crippen LogP) is 3.81. The van der Waals surface area contributed by atoms with Gasteiger partial charge in [0.05, 0.1) is 16.8 Å². The SMILES string of the molecule is Cc1cccc(C)c1NC(=O)c1cc2cnccc2nc1C. The fraction of sp³-hybridized carbons (Fsp3) is 0.167. The lowest BCUT2D eigenvalue weighted by Gasteiger charge is -2.13. The molecule has 0 fully saturated rings. The molecule has 0 aliphatic heterocycles. The normalized spacial score (nSPS) is 10.7. The average Bonchev–Trinajstić information content (AvgIpc) is 2.50. The molecular weight excluding hydrogens is 274 g/mol. The summed E-state index contributed by atoms with van der Waals surface area (Å²) in [7, 11) is 0. The maximum atomic E-state index is 12.6. The molecule has 2 heterocycles. The average molecular weight is 291 g/mol. The minimum atomic E-state index is -0.145. The molecule has 3 aromatic rings. The molecule has 0 spiro atoms. The first-order chi connectivity index (χ1) is 10.6. The Hall–Kier alpha value is -2.75. The highest BCUT2D eigenvalue weighted by Crippen LogP contribution is 2.22. The Kier molecular flexibility index (Phi) is 3.59. The van der Waals surface area contributed by atoms with E-state index in [-0.39, 0.29) is 5.91 Å². The monoisotopic (exact) mass is 291 g/mol. The summed E-state index contributed by atoms with van der Waals surface area (Å²) in [6.45, 7) is 5.82. The van der Waals surface area contributed by atoms with Crippen LogP contribution in [0.15, 0.2) is 42.7 Å². The fourth-order valence-corrected chi connectivity index (χ4v) is 2.54. The first-order valence-electron chi connectivity index (χ1n) is 7.15. The van der Waals surface area contributed by atoms with Crippen LogP contribution in [0.5, 0.6) is 0 Å². The van der Waals surface area contributed by atoms with E-state index < -0.39 is 0 Å². The van der Waals surface area contributed by atoms with Crippen LogP contribution in [0.4, 0.5) is 5.69 Å². The zero-order chi connectivity index (χ0) is 15.7. The van der Waals surface area contributed by atoms with E-state index in [1.165, 1.54) is 0 Å². The second-order valence-corrected chi connectivity index (χ2v) is 5.41. The van der Waals surface area contributed by atoms with Crippen LogP contribution in [-0.4, -0.2) is 15.9 Å². The summed E-state index contributed by atoms with van der Waals surface area (Å²) in [4.78, 5) is 21.2. The molecule has 0 aliphatic carbocycles. The lowest BCUT2D eigenvalue weighted by molar-refractivity contribution is 0.102. The van der Waals surface area contributed by atoms with Crippen LogP contribution in [0.2, 0.25) is 0 Å². The molecule has 0 radical (unpaired) electrons. The Morgan fingerprint density at radius 2 is 1.82 bits per heavy atom. The number of aryl methyl sites for hydroxylation is 3. The highest BCUT2D eigenvalue weighted by Gasteiger charge is 2.14. The molecular formula is C18H17N3O. The van der Waals surface area contributed by atoms with Gasteiger partial charge in [0.25, 0.3) is 5.91 Å². The van der Waals surface area contributed by atoms with Gasteiger partial charge in [0.15, 0.2) is 0 Å². The molecule has 0 atom stereocenters. The molecule has 1 aromatic carbocycles. The Morgan fingerprint density at radius 1 is 1.09 bits per heavy atom. The number of fused-ring (bicyclic) bond motifs is 1. The quantitative estimate of drug-likeness (QED) is 0.781. The summed E-state index contributed by atoms with van der Waals surface area (Å²) in [5.41, 5.74) is 5.07. The number of anilines is 1. The second-order valence-electron chi connectivity index (χ2n) is 5.41. The van der Waals surface area contributed by atoms with E-state index >= 15 is 0 Å². The largest absolute Gasteiger partial charge is 0.321 e. The highest BCUT2D eigenvalue weighted by atomic mass is 16.1. The number of amides is 1. The van der Waals surface area contributed by atoms with E-state index in [1.54, 1.807) is 12.4 Å². The third-order valence-electron chi connectivity index (χ3n) is 3.77. The number of hydrogen-bond acceptors (Lipinski definition) is 3. The van der Waals surface area contributed by atoms with Crippen molar-refractivity contribution in [2.75, 3.05) is 5.32 Å². The number of rotatable bonds is 2. The highest BCUT2D eigenvalue weighted by molar-refractivity contribution is 6.07. The maximum Gasteiger partial charge on any atom is 0.257 e. The summed E-state index contributed by atoms with van der Waals surface area (Å²) < 4.78 is 0. The van der Waals surface area contributed by atoms with Crippen molar-refractivity contribution < 1.29 is 4.79 Å². The molecule has 2 aromatic heterocycles. The first kappa shape index (κ1) is 14.2. The lowest BCUT2D eigenvalue weighted by Crippen LogP contribution is -2.15. The van der Waals surface area contributed by atoms with E-state index in [0.29, 0.717) is 11.3 Å². The van der Waals surface area contributed by atoms with E-state index in [2.05, 4.69) is 15.3 Å². The number of benzene rings is 1. The molecule has 1 N–H and O–H groups in total. The molecule has 0 saturated carbocycles. The van der Waals surface area contributed by atoms with Gasteiger partial charge in [-0.05, 0) is 44.0 Å². The summed E-state index contributed by atoms with van der Waals surface area (Å²) in [5.74, 6) is -0.145. The van der Waals surface area contributed by atoms with E-state index in [4.69, 9.17) is 0 Å². The third kappa shape index (κ3) is 2.55. The number of nitrogens with zero attached hydrogens (tertiary/aromatic N) is 2. The van der Waals surface area contributed by atoms with Crippen LogP contribution in [0.25, 0.3) is 10.9 Å². The number of aromatic nitrogens is 2. The molecule has 110 valence electrons. The molecule has 0 unspecified atom stereocenters.